The Morgan fingerprint density at radius 1 is 1.20 bits per heavy atom. The van der Waals surface area contributed by atoms with Crippen LogP contribution in [0.1, 0.15) is 71.6 Å². The highest BCUT2D eigenvalue weighted by Gasteiger charge is 2.33. The Bertz CT molecular complexity index is 658. The van der Waals surface area contributed by atoms with Crippen LogP contribution in [-0.4, -0.2) is 29.5 Å². The molecule has 0 spiro atoms. The first-order chi connectivity index (χ1) is 11.4. The molecule has 0 aliphatic carbocycles. The molecule has 1 aliphatic rings. The summed E-state index contributed by atoms with van der Waals surface area (Å²) in [5.74, 6) is -0.0719. The first kappa shape index (κ1) is 19.3. The van der Waals surface area contributed by atoms with Crippen LogP contribution in [-0.2, 0) is 25.2 Å². The molecule has 1 aromatic carbocycles. The maximum Gasteiger partial charge on any atom is 0.350 e. The molecular formula is C20H29NO4. The fourth-order valence-electron chi connectivity index (χ4n) is 2.85. The van der Waals surface area contributed by atoms with Gasteiger partial charge in [0.25, 0.3) is 0 Å². The van der Waals surface area contributed by atoms with E-state index in [4.69, 9.17) is 9.57 Å². The molecule has 1 atom stereocenters. The van der Waals surface area contributed by atoms with Crippen LogP contribution in [0.4, 0.5) is 0 Å². The molecule has 0 amide bonds. The van der Waals surface area contributed by atoms with Crippen molar-refractivity contribution in [3.8, 4) is 5.75 Å². The molecule has 1 aliphatic heterocycles. The van der Waals surface area contributed by atoms with Gasteiger partial charge in [0.15, 0.2) is 0 Å². The first-order valence-electron chi connectivity index (χ1n) is 8.72. The van der Waals surface area contributed by atoms with Crippen molar-refractivity contribution in [1.29, 1.82) is 0 Å². The van der Waals surface area contributed by atoms with Crippen LogP contribution in [0.3, 0.4) is 0 Å². The maximum atomic E-state index is 11.9. The van der Waals surface area contributed by atoms with Gasteiger partial charge < -0.3 is 14.7 Å². The number of hydrogen-bond donors (Lipinski definition) is 1. The molecule has 0 aromatic heterocycles. The summed E-state index contributed by atoms with van der Waals surface area (Å²) in [6.07, 6.45) is -0.323. The Balaban J connectivity index is 2.44. The number of oxime groups is 1. The lowest BCUT2D eigenvalue weighted by Crippen LogP contribution is -2.24. The Kier molecular flexibility index (Phi) is 5.17. The molecule has 5 nitrogen and oxygen atoms in total. The highest BCUT2D eigenvalue weighted by molar-refractivity contribution is 6.04. The summed E-state index contributed by atoms with van der Waals surface area (Å²) in [7, 11) is 0. The van der Waals surface area contributed by atoms with Gasteiger partial charge in [-0.05, 0) is 29.9 Å². The van der Waals surface area contributed by atoms with Gasteiger partial charge in [0.2, 0.25) is 6.10 Å². The zero-order valence-corrected chi connectivity index (χ0v) is 16.3. The number of aromatic hydroxyl groups is 1. The van der Waals surface area contributed by atoms with E-state index in [0.717, 1.165) is 16.7 Å². The van der Waals surface area contributed by atoms with Gasteiger partial charge in [-0.15, -0.1) is 0 Å². The van der Waals surface area contributed by atoms with Crippen LogP contribution in [0.5, 0.6) is 5.75 Å². The molecule has 0 radical (unpaired) electrons. The van der Waals surface area contributed by atoms with Gasteiger partial charge in [-0.1, -0.05) is 46.7 Å². The van der Waals surface area contributed by atoms with Gasteiger partial charge in [0.05, 0.1) is 12.3 Å². The van der Waals surface area contributed by atoms with Crippen molar-refractivity contribution in [3.63, 3.8) is 0 Å². The van der Waals surface area contributed by atoms with Crippen molar-refractivity contribution >= 4 is 11.7 Å². The number of nitrogens with zero attached hydrogens (tertiary/aromatic N) is 1. The maximum absolute atomic E-state index is 11.9. The Morgan fingerprint density at radius 3 is 2.16 bits per heavy atom. The summed E-state index contributed by atoms with van der Waals surface area (Å²) in [5.41, 5.74) is 2.85. The van der Waals surface area contributed by atoms with E-state index in [1.807, 2.05) is 12.1 Å². The predicted molar refractivity (Wildman–Crippen MR) is 98.2 cm³/mol. The van der Waals surface area contributed by atoms with Crippen molar-refractivity contribution in [2.45, 2.75) is 71.8 Å². The fourth-order valence-corrected chi connectivity index (χ4v) is 2.85. The van der Waals surface area contributed by atoms with Crippen molar-refractivity contribution in [3.05, 3.63) is 28.8 Å². The summed E-state index contributed by atoms with van der Waals surface area (Å²) < 4.78 is 5.01. The summed E-state index contributed by atoms with van der Waals surface area (Å²) in [6.45, 7) is 14.5. The fraction of sp³-hybridized carbons (Fsp3) is 0.600. The summed E-state index contributed by atoms with van der Waals surface area (Å²) >= 11 is 0. The highest BCUT2D eigenvalue weighted by atomic mass is 16.7. The van der Waals surface area contributed by atoms with E-state index in [2.05, 4.69) is 46.7 Å². The van der Waals surface area contributed by atoms with E-state index in [1.54, 1.807) is 6.92 Å². The third-order valence-electron chi connectivity index (χ3n) is 4.28. The molecule has 0 unspecified atom stereocenters. The second kappa shape index (κ2) is 6.70. The van der Waals surface area contributed by atoms with Crippen molar-refractivity contribution in [2.75, 3.05) is 6.61 Å². The number of carbonyl (C=O) groups excluding carboxylic acids is 1. The number of hydrogen-bond acceptors (Lipinski definition) is 5. The molecule has 0 bridgehead atoms. The standard InChI is InChI=1S/C20H29NO4/c1-8-24-18(23)16-11-15(21-25-16)12-9-13(19(2,3)4)17(22)14(10-12)20(5,6)7/h9-10,16,22H,8,11H2,1-7H3/t16-/m1/s1. The summed E-state index contributed by atoms with van der Waals surface area (Å²) in [5, 5.41) is 14.9. The molecule has 1 N–H and O–H groups in total. The molecule has 0 fully saturated rings. The van der Waals surface area contributed by atoms with Gasteiger partial charge >= 0.3 is 5.97 Å². The normalized spacial score (nSPS) is 17.9. The van der Waals surface area contributed by atoms with Crippen LogP contribution in [0.25, 0.3) is 0 Å². The number of rotatable bonds is 3. The number of carbonyl (C=O) groups is 1. The summed E-state index contributed by atoms with van der Waals surface area (Å²) in [4.78, 5) is 17.1. The monoisotopic (exact) mass is 347 g/mol. The third kappa shape index (κ3) is 4.14. The zero-order chi connectivity index (χ0) is 19.0. The minimum atomic E-state index is -0.695. The predicted octanol–water partition coefficient (Wildman–Crippen LogP) is 4.04. The van der Waals surface area contributed by atoms with Gasteiger partial charge in [-0.25, -0.2) is 4.79 Å². The smallest absolute Gasteiger partial charge is 0.350 e. The van der Waals surface area contributed by atoms with Crippen molar-refractivity contribution < 1.29 is 19.5 Å². The number of benzene rings is 1. The van der Waals surface area contributed by atoms with Crippen molar-refractivity contribution in [2.24, 2.45) is 5.16 Å². The molecule has 1 heterocycles. The second-order valence-electron chi connectivity index (χ2n) is 8.51. The lowest BCUT2D eigenvalue weighted by molar-refractivity contribution is -0.154. The third-order valence-corrected chi connectivity index (χ3v) is 4.28. The molecule has 25 heavy (non-hydrogen) atoms. The Morgan fingerprint density at radius 2 is 1.72 bits per heavy atom. The second-order valence-corrected chi connectivity index (χ2v) is 8.51. The molecule has 138 valence electrons. The number of ether oxygens (including phenoxy) is 1. The molecule has 2 rings (SSSR count). The number of phenolic OH excluding ortho intramolecular Hbond substituents is 1. The van der Waals surface area contributed by atoms with E-state index in [9.17, 15) is 9.90 Å². The lowest BCUT2D eigenvalue weighted by Gasteiger charge is -2.28. The van der Waals surface area contributed by atoms with E-state index < -0.39 is 12.1 Å². The molecule has 1 aromatic rings. The van der Waals surface area contributed by atoms with Crippen LogP contribution in [0, 0.1) is 0 Å². The zero-order valence-electron chi connectivity index (χ0n) is 16.3. The van der Waals surface area contributed by atoms with Crippen LogP contribution < -0.4 is 0 Å². The Hall–Kier alpha value is -2.04. The average Bonchev–Trinajstić information content (AvgIpc) is 2.95. The van der Waals surface area contributed by atoms with Crippen LogP contribution in [0.15, 0.2) is 17.3 Å². The molecule has 5 heteroatoms. The number of phenols is 1. The molecular weight excluding hydrogens is 318 g/mol. The van der Waals surface area contributed by atoms with Gasteiger partial charge in [-0.3, -0.25) is 0 Å². The average molecular weight is 347 g/mol. The topological polar surface area (TPSA) is 68.1 Å². The van der Waals surface area contributed by atoms with Crippen molar-refractivity contribution in [1.82, 2.24) is 0 Å². The lowest BCUT2D eigenvalue weighted by atomic mass is 9.78. The van der Waals surface area contributed by atoms with Gasteiger partial charge in [-0.2, -0.15) is 0 Å². The molecule has 0 saturated carbocycles. The Labute approximate surface area is 150 Å². The molecule has 0 saturated heterocycles. The van der Waals surface area contributed by atoms with Crippen LogP contribution >= 0.6 is 0 Å². The SMILES string of the molecule is CCOC(=O)[C@H]1CC(c2cc(C(C)(C)C)c(O)c(C(C)(C)C)c2)=NO1. The summed E-state index contributed by atoms with van der Waals surface area (Å²) in [6, 6.07) is 3.89. The first-order valence-corrected chi connectivity index (χ1v) is 8.72. The number of esters is 1. The van der Waals surface area contributed by atoms with E-state index >= 15 is 0 Å². The minimum Gasteiger partial charge on any atom is -0.507 e. The van der Waals surface area contributed by atoms with Gasteiger partial charge in [0, 0.05) is 23.1 Å². The van der Waals surface area contributed by atoms with Crippen LogP contribution in [0.2, 0.25) is 0 Å². The minimum absolute atomic E-state index is 0.222. The highest BCUT2D eigenvalue weighted by Crippen LogP contribution is 2.40. The quantitative estimate of drug-likeness (QED) is 0.838. The van der Waals surface area contributed by atoms with Gasteiger partial charge in [0.1, 0.15) is 5.75 Å². The largest absolute Gasteiger partial charge is 0.507 e. The van der Waals surface area contributed by atoms with E-state index in [-0.39, 0.29) is 10.8 Å². The van der Waals surface area contributed by atoms with E-state index in [1.165, 1.54) is 0 Å². The van der Waals surface area contributed by atoms with E-state index in [0.29, 0.717) is 24.5 Å².